The highest BCUT2D eigenvalue weighted by Gasteiger charge is 2.34. The van der Waals surface area contributed by atoms with Gasteiger partial charge in [-0.3, -0.25) is 9.69 Å². The summed E-state index contributed by atoms with van der Waals surface area (Å²) in [6.07, 6.45) is -5.06. The molecule has 3 aromatic rings. The second kappa shape index (κ2) is 10.2. The number of rotatable bonds is 7. The van der Waals surface area contributed by atoms with Crippen LogP contribution in [0, 0.1) is 5.82 Å². The Hall–Kier alpha value is -4.29. The zero-order valence-corrected chi connectivity index (χ0v) is 20.1. The Kier molecular flexibility index (Phi) is 6.83. The molecule has 1 saturated heterocycles. The van der Waals surface area contributed by atoms with E-state index in [4.69, 9.17) is 4.74 Å². The third-order valence-corrected chi connectivity index (χ3v) is 6.71. The van der Waals surface area contributed by atoms with Crippen molar-refractivity contribution in [3.63, 3.8) is 0 Å². The molecule has 2 aliphatic heterocycles. The average Bonchev–Trinajstić information content (AvgIpc) is 3.27. The largest absolute Gasteiger partial charge is 0.444 e. The molecule has 1 aromatic heterocycles. The summed E-state index contributed by atoms with van der Waals surface area (Å²) in [5.74, 6) is -1.84. The van der Waals surface area contributed by atoms with E-state index >= 15 is 4.39 Å². The highest BCUT2D eigenvalue weighted by Crippen LogP contribution is 2.29. The Balaban J connectivity index is 1.29. The van der Waals surface area contributed by atoms with E-state index in [0.29, 0.717) is 5.69 Å². The van der Waals surface area contributed by atoms with Crippen LogP contribution in [0.5, 0.6) is 0 Å². The summed E-state index contributed by atoms with van der Waals surface area (Å²) in [6, 6.07) is 12.8. The van der Waals surface area contributed by atoms with E-state index in [1.165, 1.54) is 32.5 Å². The van der Waals surface area contributed by atoms with Crippen molar-refractivity contribution < 1.29 is 27.5 Å². The molecule has 5 rings (SSSR count). The molecule has 10 nitrogen and oxygen atoms in total. The molecule has 0 unspecified atom stereocenters. The average molecular weight is 531 g/mol. The molecule has 200 valence electrons. The first-order valence-electron chi connectivity index (χ1n) is 12.1. The smallest absolute Gasteiger partial charge is 0.414 e. The molecule has 13 heteroatoms. The topological polar surface area (TPSA) is 98.8 Å². The standard InChI is InChI=1S/C25H24F3N5O5/c26-19-14-17(30-15-18(38-25(30)37)7-9-21(34)22(27)28)6-8-20(19)29-10-12-31-23(35)33(16-4-2-1-3-5-16)24(36)32(31)13-11-29/h1-6,8,14,18,22H,7,9-13,15H2/t18-/m0/s1. The number of carbonyl (C=O) groups is 2. The Morgan fingerprint density at radius 3 is 2.18 bits per heavy atom. The molecule has 2 aromatic carbocycles. The summed E-state index contributed by atoms with van der Waals surface area (Å²) in [4.78, 5) is 52.3. The molecule has 0 N–H and O–H groups in total. The van der Waals surface area contributed by atoms with Crippen molar-refractivity contribution in [3.05, 3.63) is 75.3 Å². The van der Waals surface area contributed by atoms with Gasteiger partial charge in [0, 0.05) is 19.5 Å². The maximum atomic E-state index is 15.2. The van der Waals surface area contributed by atoms with E-state index in [9.17, 15) is 28.0 Å². The van der Waals surface area contributed by atoms with Crippen molar-refractivity contribution in [3.8, 4) is 5.69 Å². The highest BCUT2D eigenvalue weighted by molar-refractivity contribution is 5.90. The fraction of sp³-hybridized carbons (Fsp3) is 0.360. The quantitative estimate of drug-likeness (QED) is 0.465. The van der Waals surface area contributed by atoms with Crippen molar-refractivity contribution in [2.45, 2.75) is 38.5 Å². The first-order valence-corrected chi connectivity index (χ1v) is 12.1. The van der Waals surface area contributed by atoms with Crippen LogP contribution in [-0.2, 0) is 22.6 Å². The van der Waals surface area contributed by atoms with Gasteiger partial charge in [-0.15, -0.1) is 0 Å². The lowest BCUT2D eigenvalue weighted by atomic mass is 10.1. The van der Waals surface area contributed by atoms with Crippen molar-refractivity contribution in [1.29, 1.82) is 0 Å². The lowest BCUT2D eigenvalue weighted by Gasteiger charge is -2.23. The van der Waals surface area contributed by atoms with Crippen molar-refractivity contribution in [1.82, 2.24) is 13.9 Å². The van der Waals surface area contributed by atoms with Crippen LogP contribution in [0.2, 0.25) is 0 Å². The normalized spacial score (nSPS) is 17.5. The van der Waals surface area contributed by atoms with Crippen LogP contribution < -0.4 is 21.2 Å². The predicted molar refractivity (Wildman–Crippen MR) is 131 cm³/mol. The van der Waals surface area contributed by atoms with Crippen LogP contribution in [-0.4, -0.2) is 58.0 Å². The number of fused-ring (bicyclic) bond motifs is 1. The number of aromatic nitrogens is 3. The van der Waals surface area contributed by atoms with E-state index in [2.05, 4.69) is 0 Å². The fourth-order valence-electron chi connectivity index (χ4n) is 4.75. The zero-order chi connectivity index (χ0) is 27.0. The molecule has 2 aliphatic rings. The fourth-order valence-corrected chi connectivity index (χ4v) is 4.75. The highest BCUT2D eigenvalue weighted by atomic mass is 19.3. The number of anilines is 2. The van der Waals surface area contributed by atoms with Gasteiger partial charge in [-0.25, -0.2) is 41.5 Å². The van der Waals surface area contributed by atoms with E-state index in [1.807, 2.05) is 0 Å². The van der Waals surface area contributed by atoms with Gasteiger partial charge in [-0.1, -0.05) is 18.2 Å². The molecule has 0 radical (unpaired) electrons. The molecule has 38 heavy (non-hydrogen) atoms. The number of carbonyl (C=O) groups excluding carboxylic acids is 2. The van der Waals surface area contributed by atoms with Gasteiger partial charge in [0.15, 0.2) is 5.78 Å². The second-order valence-electron chi connectivity index (χ2n) is 9.03. The number of alkyl halides is 2. The summed E-state index contributed by atoms with van der Waals surface area (Å²) >= 11 is 0. The minimum Gasteiger partial charge on any atom is -0.444 e. The van der Waals surface area contributed by atoms with Crippen LogP contribution in [0.3, 0.4) is 0 Å². The number of cyclic esters (lactones) is 1. The van der Waals surface area contributed by atoms with Crippen LogP contribution in [0.25, 0.3) is 5.69 Å². The molecule has 3 heterocycles. The van der Waals surface area contributed by atoms with Gasteiger partial charge < -0.3 is 9.64 Å². The summed E-state index contributed by atoms with van der Waals surface area (Å²) in [7, 11) is 0. The number of halogens is 3. The number of benzene rings is 2. The summed E-state index contributed by atoms with van der Waals surface area (Å²) < 4.78 is 49.0. The number of amides is 1. The first kappa shape index (κ1) is 25.4. The molecular weight excluding hydrogens is 507 g/mol. The maximum absolute atomic E-state index is 15.2. The SMILES string of the molecule is O=C(CC[C@H]1CN(c2ccc(N3CCn4c(=O)n(-c5ccccc5)c(=O)n4CC3)c(F)c2)C(=O)O1)C(F)F. The van der Waals surface area contributed by atoms with E-state index in [-0.39, 0.29) is 50.5 Å². The number of para-hydroxylation sites is 1. The Labute approximate surface area is 214 Å². The summed E-state index contributed by atoms with van der Waals surface area (Å²) in [5, 5.41) is 0. The zero-order valence-electron chi connectivity index (χ0n) is 20.1. The van der Waals surface area contributed by atoms with Crippen LogP contribution in [0.15, 0.2) is 58.1 Å². The minimum atomic E-state index is -3.07. The third kappa shape index (κ3) is 4.71. The number of ether oxygens (including phenoxy) is 1. The van der Waals surface area contributed by atoms with Gasteiger partial charge in [0.2, 0.25) is 0 Å². The Morgan fingerprint density at radius 2 is 1.58 bits per heavy atom. The molecular formula is C25H24F3N5O5. The molecule has 0 spiro atoms. The van der Waals surface area contributed by atoms with E-state index in [0.717, 1.165) is 4.57 Å². The monoisotopic (exact) mass is 531 g/mol. The maximum Gasteiger partial charge on any atom is 0.414 e. The van der Waals surface area contributed by atoms with Crippen molar-refractivity contribution in [2.24, 2.45) is 0 Å². The summed E-state index contributed by atoms with van der Waals surface area (Å²) in [6.45, 7) is 0.851. The molecule has 1 atom stereocenters. The number of Topliss-reactive ketones (excluding diaryl/α,β-unsaturated/α-hetero) is 1. The number of ketones is 1. The third-order valence-electron chi connectivity index (χ3n) is 6.71. The van der Waals surface area contributed by atoms with E-state index in [1.54, 1.807) is 35.2 Å². The number of hydrogen-bond donors (Lipinski definition) is 0. The van der Waals surface area contributed by atoms with Crippen molar-refractivity contribution in [2.75, 3.05) is 29.4 Å². The number of hydrogen-bond acceptors (Lipinski definition) is 6. The molecule has 0 aliphatic carbocycles. The van der Waals surface area contributed by atoms with Crippen LogP contribution in [0.4, 0.5) is 29.3 Å². The molecule has 1 amide bonds. The lowest BCUT2D eigenvalue weighted by molar-refractivity contribution is -0.129. The second-order valence-corrected chi connectivity index (χ2v) is 9.03. The Bertz CT molecular complexity index is 1440. The van der Waals surface area contributed by atoms with Gasteiger partial charge in [-0.05, 0) is 36.8 Å². The lowest BCUT2D eigenvalue weighted by Crippen LogP contribution is -2.33. The van der Waals surface area contributed by atoms with Gasteiger partial charge >= 0.3 is 17.5 Å². The van der Waals surface area contributed by atoms with Gasteiger partial charge in [-0.2, -0.15) is 0 Å². The van der Waals surface area contributed by atoms with E-state index < -0.39 is 48.0 Å². The predicted octanol–water partition coefficient (Wildman–Crippen LogP) is 2.40. The first-order chi connectivity index (χ1) is 18.2. The van der Waals surface area contributed by atoms with Crippen LogP contribution in [0.1, 0.15) is 12.8 Å². The van der Waals surface area contributed by atoms with Gasteiger partial charge in [0.05, 0.1) is 36.7 Å². The van der Waals surface area contributed by atoms with Gasteiger partial charge in [0.25, 0.3) is 6.43 Å². The van der Waals surface area contributed by atoms with Crippen LogP contribution >= 0.6 is 0 Å². The van der Waals surface area contributed by atoms with Gasteiger partial charge in [0.1, 0.15) is 11.9 Å². The molecule has 1 fully saturated rings. The van der Waals surface area contributed by atoms with Crippen molar-refractivity contribution >= 4 is 23.3 Å². The molecule has 0 bridgehead atoms. The minimum absolute atomic E-state index is 0.00388. The molecule has 0 saturated carbocycles. The number of nitrogens with zero attached hydrogens (tertiary/aromatic N) is 5. The summed E-state index contributed by atoms with van der Waals surface area (Å²) in [5.41, 5.74) is -0.0191. The Morgan fingerprint density at radius 1 is 0.921 bits per heavy atom.